The van der Waals surface area contributed by atoms with Crippen LogP contribution in [-0.4, -0.2) is 64.0 Å². The highest BCUT2D eigenvalue weighted by atomic mass is 32.2. The van der Waals surface area contributed by atoms with Gasteiger partial charge in [0.1, 0.15) is 4.88 Å². The molecule has 0 radical (unpaired) electrons. The number of aromatic nitrogens is 2. The SMILES string of the molecule is O=C(O)CC1CS(=O)(=O)CCN1C(=O)c1cnns1. The topological polar surface area (TPSA) is 118 Å². The summed E-state index contributed by atoms with van der Waals surface area (Å²) in [6, 6.07) is -0.842. The van der Waals surface area contributed by atoms with Crippen molar-refractivity contribution in [3.8, 4) is 0 Å². The molecule has 1 aliphatic heterocycles. The number of aliphatic carboxylic acids is 1. The molecule has 1 atom stereocenters. The van der Waals surface area contributed by atoms with Crippen molar-refractivity contribution in [2.45, 2.75) is 12.5 Å². The van der Waals surface area contributed by atoms with E-state index in [-0.39, 0.29) is 22.9 Å². The number of hydrogen-bond acceptors (Lipinski definition) is 7. The van der Waals surface area contributed by atoms with Gasteiger partial charge in [-0.2, -0.15) is 0 Å². The molecular weight excluding hydrogens is 294 g/mol. The van der Waals surface area contributed by atoms with Crippen molar-refractivity contribution in [2.24, 2.45) is 0 Å². The Hall–Kier alpha value is -1.55. The monoisotopic (exact) mass is 305 g/mol. The summed E-state index contributed by atoms with van der Waals surface area (Å²) in [5, 5.41) is 12.4. The zero-order chi connectivity index (χ0) is 14.0. The lowest BCUT2D eigenvalue weighted by Crippen LogP contribution is -2.51. The largest absolute Gasteiger partial charge is 0.481 e. The van der Waals surface area contributed by atoms with Crippen LogP contribution in [0.3, 0.4) is 0 Å². The van der Waals surface area contributed by atoms with Crippen LogP contribution >= 0.6 is 11.5 Å². The van der Waals surface area contributed by atoms with Crippen molar-refractivity contribution in [1.29, 1.82) is 0 Å². The summed E-state index contributed by atoms with van der Waals surface area (Å²) in [6.45, 7) is -0.00296. The predicted molar refractivity (Wildman–Crippen MR) is 65.6 cm³/mol. The maximum Gasteiger partial charge on any atom is 0.305 e. The number of carbonyl (C=O) groups excluding carboxylic acids is 1. The fourth-order valence-corrected chi connectivity index (χ4v) is 3.92. The fourth-order valence-electron chi connectivity index (χ4n) is 1.93. The molecule has 10 heteroatoms. The van der Waals surface area contributed by atoms with Crippen LogP contribution in [0.5, 0.6) is 0 Å². The van der Waals surface area contributed by atoms with E-state index in [1.807, 2.05) is 0 Å². The minimum Gasteiger partial charge on any atom is -0.481 e. The van der Waals surface area contributed by atoms with Gasteiger partial charge in [0.05, 0.1) is 30.2 Å². The first-order valence-electron chi connectivity index (χ1n) is 5.39. The molecule has 2 heterocycles. The summed E-state index contributed by atoms with van der Waals surface area (Å²) in [7, 11) is -3.30. The van der Waals surface area contributed by atoms with E-state index in [0.29, 0.717) is 0 Å². The average Bonchev–Trinajstić information content (AvgIpc) is 2.79. The Morgan fingerprint density at radius 1 is 1.53 bits per heavy atom. The molecule has 1 fully saturated rings. The number of carboxylic acids is 1. The van der Waals surface area contributed by atoms with Gasteiger partial charge in [-0.25, -0.2) is 8.42 Å². The van der Waals surface area contributed by atoms with Gasteiger partial charge >= 0.3 is 5.97 Å². The molecule has 1 N–H and O–H groups in total. The summed E-state index contributed by atoms with van der Waals surface area (Å²) < 4.78 is 26.7. The van der Waals surface area contributed by atoms with Crippen molar-refractivity contribution in [3.05, 3.63) is 11.1 Å². The maximum atomic E-state index is 12.1. The Kier molecular flexibility index (Phi) is 3.80. The molecule has 1 amide bonds. The second-order valence-electron chi connectivity index (χ2n) is 4.15. The molecule has 1 saturated heterocycles. The summed E-state index contributed by atoms with van der Waals surface area (Å²) in [4.78, 5) is 24.5. The van der Waals surface area contributed by atoms with Crippen molar-refractivity contribution in [3.63, 3.8) is 0 Å². The van der Waals surface area contributed by atoms with Crippen LogP contribution < -0.4 is 0 Å². The number of rotatable bonds is 3. The highest BCUT2D eigenvalue weighted by Crippen LogP contribution is 2.19. The maximum absolute atomic E-state index is 12.1. The van der Waals surface area contributed by atoms with E-state index >= 15 is 0 Å². The molecule has 2 rings (SSSR count). The van der Waals surface area contributed by atoms with Crippen molar-refractivity contribution in [1.82, 2.24) is 14.5 Å². The van der Waals surface area contributed by atoms with Crippen LogP contribution in [0.1, 0.15) is 16.1 Å². The quantitative estimate of drug-likeness (QED) is 0.780. The van der Waals surface area contributed by atoms with E-state index < -0.39 is 34.2 Å². The smallest absolute Gasteiger partial charge is 0.305 e. The molecule has 0 spiro atoms. The molecule has 19 heavy (non-hydrogen) atoms. The van der Waals surface area contributed by atoms with Gasteiger partial charge in [0.15, 0.2) is 9.84 Å². The molecule has 1 unspecified atom stereocenters. The van der Waals surface area contributed by atoms with Crippen LogP contribution in [0, 0.1) is 0 Å². The Labute approximate surface area is 113 Å². The molecule has 0 bridgehead atoms. The Balaban J connectivity index is 2.22. The second kappa shape index (κ2) is 5.21. The van der Waals surface area contributed by atoms with Gasteiger partial charge in [-0.1, -0.05) is 4.49 Å². The molecule has 104 valence electrons. The van der Waals surface area contributed by atoms with Crippen LogP contribution in [0.15, 0.2) is 6.20 Å². The lowest BCUT2D eigenvalue weighted by molar-refractivity contribution is -0.138. The zero-order valence-electron chi connectivity index (χ0n) is 9.72. The number of hydrogen-bond donors (Lipinski definition) is 1. The summed E-state index contributed by atoms with van der Waals surface area (Å²) in [5.41, 5.74) is 0. The fraction of sp³-hybridized carbons (Fsp3) is 0.556. The normalized spacial score (nSPS) is 22.1. The average molecular weight is 305 g/mol. The van der Waals surface area contributed by atoms with Crippen molar-refractivity contribution < 1.29 is 23.1 Å². The minimum absolute atomic E-state index is 0.00296. The molecular formula is C9H11N3O5S2. The summed E-state index contributed by atoms with van der Waals surface area (Å²) in [5.74, 6) is -2.03. The Bertz CT molecular complexity index is 583. The lowest BCUT2D eigenvalue weighted by atomic mass is 10.2. The van der Waals surface area contributed by atoms with E-state index in [0.717, 1.165) is 11.5 Å². The highest BCUT2D eigenvalue weighted by molar-refractivity contribution is 7.91. The Morgan fingerprint density at radius 3 is 2.84 bits per heavy atom. The van der Waals surface area contributed by atoms with Gasteiger partial charge < -0.3 is 10.0 Å². The summed E-state index contributed by atoms with van der Waals surface area (Å²) in [6.07, 6.45) is 0.894. The third kappa shape index (κ3) is 3.26. The molecule has 1 aromatic heterocycles. The van der Waals surface area contributed by atoms with Crippen molar-refractivity contribution >= 4 is 33.2 Å². The third-order valence-electron chi connectivity index (χ3n) is 2.77. The molecule has 1 aliphatic rings. The number of carboxylic acid groups (broad SMARTS) is 1. The van der Waals surface area contributed by atoms with E-state index in [2.05, 4.69) is 9.59 Å². The number of nitrogens with zero attached hydrogens (tertiary/aromatic N) is 3. The number of sulfone groups is 1. The van der Waals surface area contributed by atoms with Crippen LogP contribution in [0.25, 0.3) is 0 Å². The zero-order valence-corrected chi connectivity index (χ0v) is 11.4. The first-order chi connectivity index (χ1) is 8.89. The van der Waals surface area contributed by atoms with Crippen LogP contribution in [-0.2, 0) is 14.6 Å². The minimum atomic E-state index is -3.30. The number of carbonyl (C=O) groups is 2. The molecule has 0 aromatic carbocycles. The van der Waals surface area contributed by atoms with Gasteiger partial charge in [0, 0.05) is 6.54 Å². The van der Waals surface area contributed by atoms with Gasteiger partial charge in [0.25, 0.3) is 5.91 Å². The van der Waals surface area contributed by atoms with Gasteiger partial charge in [-0.15, -0.1) is 5.10 Å². The first-order valence-corrected chi connectivity index (χ1v) is 7.99. The highest BCUT2D eigenvalue weighted by Gasteiger charge is 2.36. The second-order valence-corrected chi connectivity index (χ2v) is 7.16. The molecule has 8 nitrogen and oxygen atoms in total. The van der Waals surface area contributed by atoms with Crippen molar-refractivity contribution in [2.75, 3.05) is 18.1 Å². The van der Waals surface area contributed by atoms with E-state index in [9.17, 15) is 18.0 Å². The third-order valence-corrected chi connectivity index (χ3v) is 5.12. The Morgan fingerprint density at radius 2 is 2.26 bits per heavy atom. The molecule has 1 aromatic rings. The molecule has 0 aliphatic carbocycles. The standard InChI is InChI=1S/C9H11N3O5S2/c13-8(14)3-6-5-19(16,17)2-1-12(6)9(15)7-4-10-11-18-7/h4,6H,1-3,5H2,(H,13,14). The van der Waals surface area contributed by atoms with Gasteiger partial charge in [-0.05, 0) is 11.5 Å². The number of amides is 1. The van der Waals surface area contributed by atoms with Gasteiger partial charge in [0.2, 0.25) is 0 Å². The van der Waals surface area contributed by atoms with E-state index in [4.69, 9.17) is 5.11 Å². The lowest BCUT2D eigenvalue weighted by Gasteiger charge is -2.34. The van der Waals surface area contributed by atoms with Crippen LogP contribution in [0.2, 0.25) is 0 Å². The van der Waals surface area contributed by atoms with Gasteiger partial charge in [-0.3, -0.25) is 9.59 Å². The van der Waals surface area contributed by atoms with Crippen LogP contribution in [0.4, 0.5) is 0 Å². The van der Waals surface area contributed by atoms with E-state index in [1.165, 1.54) is 11.1 Å². The van der Waals surface area contributed by atoms with E-state index in [1.54, 1.807) is 0 Å². The first kappa shape index (κ1) is 13.9. The summed E-state index contributed by atoms with van der Waals surface area (Å²) >= 11 is 0.896. The predicted octanol–water partition coefficient (Wildman–Crippen LogP) is -0.748. The molecule has 0 saturated carbocycles.